The zero-order valence-electron chi connectivity index (χ0n) is 11.7. The predicted molar refractivity (Wildman–Crippen MR) is 72.4 cm³/mol. The van der Waals surface area contributed by atoms with Gasteiger partial charge in [0.25, 0.3) is 0 Å². The van der Waals surface area contributed by atoms with Crippen molar-refractivity contribution in [2.24, 2.45) is 10.8 Å². The Kier molecular flexibility index (Phi) is 5.96. The van der Waals surface area contributed by atoms with Gasteiger partial charge in [0, 0.05) is 16.8 Å². The average Bonchev–Trinajstić information content (AvgIpc) is 2.13. The van der Waals surface area contributed by atoms with E-state index in [0.29, 0.717) is 11.3 Å². The van der Waals surface area contributed by atoms with E-state index < -0.39 is 0 Å². The summed E-state index contributed by atoms with van der Waals surface area (Å²) in [6.45, 7) is 15.7. The molecule has 0 aliphatic rings. The van der Waals surface area contributed by atoms with Gasteiger partial charge in [-0.05, 0) is 23.3 Å². The van der Waals surface area contributed by atoms with Crippen molar-refractivity contribution in [2.45, 2.75) is 47.0 Å². The molecule has 1 radical (unpaired) electrons. The number of rotatable bonds is 3. The quantitative estimate of drug-likeness (QED) is 0.676. The van der Waals surface area contributed by atoms with E-state index in [0.717, 1.165) is 0 Å². The van der Waals surface area contributed by atoms with Gasteiger partial charge in [0.2, 0.25) is 0 Å². The smallest absolute Gasteiger partial charge is 0 e. The van der Waals surface area contributed by atoms with Crippen LogP contribution in [0.5, 0.6) is 0 Å². The molecule has 0 saturated heterocycles. The van der Waals surface area contributed by atoms with E-state index >= 15 is 0 Å². The van der Waals surface area contributed by atoms with Gasteiger partial charge in [0.1, 0.15) is 0 Å². The second-order valence-electron chi connectivity index (χ2n) is 6.72. The Balaban J connectivity index is 0.00000256. The summed E-state index contributed by atoms with van der Waals surface area (Å²) in [5.74, 6) is 0.522. The first-order valence-corrected chi connectivity index (χ1v) is 6.10. The van der Waals surface area contributed by atoms with E-state index in [1.54, 1.807) is 0 Å². The van der Waals surface area contributed by atoms with Crippen molar-refractivity contribution in [3.8, 4) is 0 Å². The normalized spacial score (nSPS) is 14.0. The fourth-order valence-corrected chi connectivity index (χ4v) is 2.14. The van der Waals surface area contributed by atoms with Crippen LogP contribution in [0.15, 0.2) is 30.3 Å². The van der Waals surface area contributed by atoms with E-state index in [4.69, 9.17) is 0 Å². The maximum absolute atomic E-state index is 4.33. The fraction of sp³-hybridized carbons (Fsp3) is 0.562. The van der Waals surface area contributed by atoms with E-state index in [1.165, 1.54) is 12.0 Å². The summed E-state index contributed by atoms with van der Waals surface area (Å²) in [5.41, 5.74) is 1.84. The first kappa shape index (κ1) is 16.7. The van der Waals surface area contributed by atoms with Crippen molar-refractivity contribution in [2.75, 3.05) is 0 Å². The summed E-state index contributed by atoms with van der Waals surface area (Å²) in [6, 6.07) is 10.8. The Bertz CT molecular complexity index is 314. The van der Waals surface area contributed by atoms with Crippen molar-refractivity contribution in [1.29, 1.82) is 0 Å². The van der Waals surface area contributed by atoms with Crippen molar-refractivity contribution < 1.29 is 16.8 Å². The first-order chi connectivity index (χ1) is 7.20. The SMILES string of the molecule is [CH2-]C(C)(C)C(CC(C)(C)C)c1ccccc1.[Co]. The summed E-state index contributed by atoms with van der Waals surface area (Å²) in [7, 11) is 0. The van der Waals surface area contributed by atoms with E-state index in [-0.39, 0.29) is 22.2 Å². The van der Waals surface area contributed by atoms with Gasteiger partial charge in [-0.1, -0.05) is 65.0 Å². The Hall–Kier alpha value is -0.274. The molecule has 1 rings (SSSR count). The van der Waals surface area contributed by atoms with Gasteiger partial charge in [-0.25, -0.2) is 0 Å². The zero-order chi connectivity index (χ0) is 12.4. The Morgan fingerprint density at radius 1 is 1.00 bits per heavy atom. The average molecular weight is 276 g/mol. The molecule has 1 unspecified atom stereocenters. The van der Waals surface area contributed by atoms with Crippen LogP contribution in [-0.4, -0.2) is 0 Å². The predicted octanol–water partition coefficient (Wildman–Crippen LogP) is 5.06. The van der Waals surface area contributed by atoms with Crippen LogP contribution < -0.4 is 0 Å². The van der Waals surface area contributed by atoms with Gasteiger partial charge in [-0.3, -0.25) is 0 Å². The number of benzene rings is 1. The minimum Gasteiger partial charge on any atom is -0.337 e. The molecule has 0 aromatic heterocycles. The van der Waals surface area contributed by atoms with Gasteiger partial charge < -0.3 is 6.92 Å². The fourth-order valence-electron chi connectivity index (χ4n) is 2.14. The molecule has 17 heavy (non-hydrogen) atoms. The molecule has 1 aromatic carbocycles. The molecule has 0 saturated carbocycles. The minimum atomic E-state index is 0. The van der Waals surface area contributed by atoms with Crippen LogP contribution in [0.3, 0.4) is 0 Å². The van der Waals surface area contributed by atoms with E-state index in [1.807, 2.05) is 0 Å². The molecule has 1 aromatic rings. The summed E-state index contributed by atoms with van der Waals surface area (Å²) >= 11 is 0. The van der Waals surface area contributed by atoms with Gasteiger partial charge in [-0.15, -0.1) is 0 Å². The molecule has 0 amide bonds. The van der Waals surface area contributed by atoms with Gasteiger partial charge in [-0.2, -0.15) is 5.41 Å². The minimum absolute atomic E-state index is 0. The summed E-state index contributed by atoms with van der Waals surface area (Å²) in [4.78, 5) is 0. The van der Waals surface area contributed by atoms with Crippen LogP contribution >= 0.6 is 0 Å². The molecule has 0 fully saturated rings. The van der Waals surface area contributed by atoms with Gasteiger partial charge >= 0.3 is 0 Å². The standard InChI is InChI=1S/C16H25.Co/c1-15(2,3)12-14(16(4,5)6)13-10-8-7-9-11-13;/h7-11,14H,4,12H2,1-3,5-6H3;/q-1;. The summed E-state index contributed by atoms with van der Waals surface area (Å²) in [6.07, 6.45) is 1.17. The monoisotopic (exact) mass is 276 g/mol. The maximum atomic E-state index is 4.33. The van der Waals surface area contributed by atoms with Gasteiger partial charge in [0.15, 0.2) is 0 Å². The Morgan fingerprint density at radius 3 is 1.82 bits per heavy atom. The second kappa shape index (κ2) is 6.06. The van der Waals surface area contributed by atoms with Crippen LogP contribution in [0.1, 0.15) is 52.5 Å². The molecular weight excluding hydrogens is 251 g/mol. The molecule has 0 nitrogen and oxygen atoms in total. The number of hydrogen-bond donors (Lipinski definition) is 0. The van der Waals surface area contributed by atoms with Crippen LogP contribution in [0.25, 0.3) is 0 Å². The molecule has 0 heterocycles. The molecule has 0 aliphatic heterocycles. The Morgan fingerprint density at radius 2 is 1.47 bits per heavy atom. The van der Waals surface area contributed by atoms with Crippen LogP contribution in [0, 0.1) is 17.8 Å². The zero-order valence-corrected chi connectivity index (χ0v) is 12.8. The van der Waals surface area contributed by atoms with Crippen LogP contribution in [0.4, 0.5) is 0 Å². The second-order valence-corrected chi connectivity index (χ2v) is 6.72. The third-order valence-corrected chi connectivity index (χ3v) is 2.96. The van der Waals surface area contributed by atoms with Crippen molar-refractivity contribution >= 4 is 0 Å². The molecular formula is C16H25Co-. The van der Waals surface area contributed by atoms with E-state index in [2.05, 4.69) is 71.9 Å². The van der Waals surface area contributed by atoms with Crippen molar-refractivity contribution in [1.82, 2.24) is 0 Å². The molecule has 1 atom stereocenters. The summed E-state index contributed by atoms with van der Waals surface area (Å²) < 4.78 is 0. The largest absolute Gasteiger partial charge is 0.337 e. The third kappa shape index (κ3) is 5.74. The molecule has 0 N–H and O–H groups in total. The van der Waals surface area contributed by atoms with Crippen molar-refractivity contribution in [3.05, 3.63) is 42.8 Å². The molecule has 1 heteroatoms. The Labute approximate surface area is 117 Å². The number of hydrogen-bond acceptors (Lipinski definition) is 0. The summed E-state index contributed by atoms with van der Waals surface area (Å²) in [5, 5.41) is 0. The maximum Gasteiger partial charge on any atom is 0 e. The van der Waals surface area contributed by atoms with Gasteiger partial charge in [0.05, 0.1) is 0 Å². The molecule has 0 bridgehead atoms. The van der Waals surface area contributed by atoms with Crippen LogP contribution in [0.2, 0.25) is 0 Å². The van der Waals surface area contributed by atoms with E-state index in [9.17, 15) is 0 Å². The molecule has 0 aliphatic carbocycles. The first-order valence-electron chi connectivity index (χ1n) is 6.10. The topological polar surface area (TPSA) is 0 Å². The van der Waals surface area contributed by atoms with Crippen molar-refractivity contribution in [3.63, 3.8) is 0 Å². The van der Waals surface area contributed by atoms with Crippen LogP contribution in [-0.2, 0) is 16.8 Å². The molecule has 99 valence electrons. The molecule has 0 spiro atoms. The third-order valence-electron chi connectivity index (χ3n) is 2.96.